The first-order chi connectivity index (χ1) is 51.8. The van der Waals surface area contributed by atoms with Crippen molar-refractivity contribution in [3.8, 4) is 11.1 Å². The summed E-state index contributed by atoms with van der Waals surface area (Å²) in [4.78, 5) is 103. The second-order valence-corrected chi connectivity index (χ2v) is 24.7. The number of primary amides is 1. The van der Waals surface area contributed by atoms with E-state index < -0.39 is 144 Å². The number of aryl methyl sites for hydroxylation is 3. The van der Waals surface area contributed by atoms with Crippen LogP contribution in [0.2, 0.25) is 0 Å². The number of pyridine rings is 1. The maximum atomic E-state index is 14.2. The standard InChI is InChI=1S/C29H23F6N5O2.C11H13F3N2O2.C9H9F3N2O2.C7H7F3O2.C5H11NO2.C5H8O.C4H5F3O2.Li.H2O/c30-17-9-15(10-18(31)13-17)11-24(26-19(4-2-8-37-26)16-6-7-22(32)21(12-16)28(36)42)38-25(41)14-40-27(29(33,34)35)20-3-1-5-23(20)39-40;1-2-18-9(17)6-16-10(11(12,13)14)7-4-3-5-8(7)15-16;10-9(11,12)8-5-2-1-3-6(5)13-14(8)4-7(15)16;8-7(9,10)6(12)4-2-1-3-5(4)11;1-2-8-5(7)3-4-6;6-5-3-1-2-4-5;1-2-9-3(8)4(5,6)7;;/h2,4,6-10,12-13,24H,1,3,5,11,14H2,(H2,36,42)(H,38,41);2-6H2,1H3;1-4H2,(H,15,16);4H,1-3H2;2-4,6H2,1H3;1-4H2;2H2,1H3;;1H2/q;;;;;;;+1;/p-1/t24-;;;;;;;;/m0......../s1. The van der Waals surface area contributed by atoms with Crippen LogP contribution in [0.3, 0.4) is 0 Å². The van der Waals surface area contributed by atoms with E-state index in [4.69, 9.17) is 16.6 Å². The number of nitrogens with zero attached hydrogens (tertiary/aromatic N) is 7. The number of alkyl halides is 15. The monoisotopic (exact) mass is 1630 g/mol. The van der Waals surface area contributed by atoms with Crippen molar-refractivity contribution in [2.75, 3.05) is 26.4 Å². The molecule has 11 rings (SSSR count). The number of amides is 2. The molecule has 0 bridgehead atoms. The fourth-order valence-electron chi connectivity index (χ4n) is 12.1. The Hall–Kier alpha value is -9.69. The van der Waals surface area contributed by atoms with Gasteiger partial charge in [-0.1, -0.05) is 12.1 Å². The molecule has 5 aliphatic carbocycles. The molecule has 43 heteroatoms. The molecule has 1 unspecified atom stereocenters. The van der Waals surface area contributed by atoms with Gasteiger partial charge in [0.2, 0.25) is 11.7 Å². The van der Waals surface area contributed by atoms with Crippen LogP contribution in [0.4, 0.5) is 79.0 Å². The summed E-state index contributed by atoms with van der Waals surface area (Å²) < 4.78 is 245. The van der Waals surface area contributed by atoms with Crippen LogP contribution < -0.4 is 35.6 Å². The molecule has 2 atom stereocenters. The SMILES string of the molecule is CCOC(=O)C(F)(F)F.CCOC(=O)CCN.CCOC(=O)Cn1nc2c(c1C(F)(F)F)CCC2.NC(=O)c1cc(-c2cccnc2[C@H](Cc2cc(F)cc(F)c2)NC(=O)Cn2nc3c(c2C(F)(F)F)CCC3)ccc1F.O=C(O)Cn1nc2c(c1C(F)(F)F)CCC2.O=C1CCCC1.O=C1CCCC1C(=O)C(F)(F)F.[Li+].[OH-]. The van der Waals surface area contributed by atoms with Crippen molar-refractivity contribution in [3.63, 3.8) is 0 Å². The van der Waals surface area contributed by atoms with Crippen molar-refractivity contribution in [1.29, 1.82) is 0 Å². The zero-order chi connectivity index (χ0) is 83.1. The fourth-order valence-corrected chi connectivity index (χ4v) is 12.1. The van der Waals surface area contributed by atoms with Gasteiger partial charge in [-0.3, -0.25) is 48.0 Å². The maximum absolute atomic E-state index is 14.2. The van der Waals surface area contributed by atoms with Crippen molar-refractivity contribution in [3.05, 3.63) is 140 Å². The normalized spacial score (nSPS) is 14.8. The third kappa shape index (κ3) is 29.3. The minimum absolute atomic E-state index is 0. The quantitative estimate of drug-likeness (QED) is 0.0205. The van der Waals surface area contributed by atoms with Crippen LogP contribution in [0.5, 0.6) is 0 Å². The topological polar surface area (TPSA) is 362 Å². The molecule has 0 spiro atoms. The van der Waals surface area contributed by atoms with Gasteiger partial charge in [-0.2, -0.15) is 81.2 Å². The molecule has 2 fully saturated rings. The van der Waals surface area contributed by atoms with Gasteiger partial charge in [0.15, 0.2) is 0 Å². The first kappa shape index (κ1) is 97.5. The second-order valence-electron chi connectivity index (χ2n) is 24.7. The molecule has 5 aliphatic rings. The molecule has 2 saturated carbocycles. The van der Waals surface area contributed by atoms with Gasteiger partial charge in [-0.05, 0) is 152 Å². The van der Waals surface area contributed by atoms with Gasteiger partial charge in [0, 0.05) is 60.3 Å². The van der Waals surface area contributed by atoms with E-state index in [1.165, 1.54) is 31.3 Å². The summed E-state index contributed by atoms with van der Waals surface area (Å²) in [6.45, 7) is 3.37. The minimum atomic E-state index is -4.86. The van der Waals surface area contributed by atoms with Gasteiger partial charge in [0.05, 0.1) is 66.5 Å². The number of benzene rings is 2. The zero-order valence-corrected chi connectivity index (χ0v) is 60.9. The molecule has 0 saturated heterocycles. The molecule has 2 amide bonds. The van der Waals surface area contributed by atoms with Crippen LogP contribution in [0.25, 0.3) is 11.1 Å². The molecular weight excluding hydrogens is 1550 g/mol. The number of carbonyl (C=O) groups is 9. The number of Topliss-reactive ketones (excluding diaryl/α,β-unsaturated/α-hetero) is 3. The average molecular weight is 1630 g/mol. The molecule has 2 aromatic carbocycles. The molecule has 4 aromatic heterocycles. The number of fused-ring (bicyclic) bond motifs is 3. The number of ketones is 3. The van der Waals surface area contributed by atoms with Crippen molar-refractivity contribution in [2.45, 2.75) is 193 Å². The van der Waals surface area contributed by atoms with E-state index in [2.05, 4.69) is 39.8 Å². The van der Waals surface area contributed by atoms with E-state index in [-0.39, 0.29) is 103 Å². The van der Waals surface area contributed by atoms with Gasteiger partial charge in [-0.25, -0.2) is 27.3 Å². The Balaban J connectivity index is 0.000000386. The summed E-state index contributed by atoms with van der Waals surface area (Å²) in [7, 11) is 0. The van der Waals surface area contributed by atoms with Crippen LogP contribution in [0.15, 0.2) is 54.7 Å². The number of aromatic nitrogens is 7. The van der Waals surface area contributed by atoms with E-state index in [9.17, 15) is 122 Å². The Morgan fingerprint density at radius 3 is 1.44 bits per heavy atom. The molecule has 7 N–H and O–H groups in total. The number of hydrogen-bond acceptors (Lipinski definition) is 18. The Kier molecular flexibility index (Phi) is 37.6. The number of carboxylic acids is 1. The van der Waals surface area contributed by atoms with Gasteiger partial charge in [-0.15, -0.1) is 0 Å². The van der Waals surface area contributed by atoms with Crippen molar-refractivity contribution < 1.29 is 166 Å². The molecule has 6 aromatic rings. The summed E-state index contributed by atoms with van der Waals surface area (Å²) in [5.41, 5.74) is 9.71. The second kappa shape index (κ2) is 43.5. The molecule has 4 heterocycles. The molecule has 0 radical (unpaired) electrons. The van der Waals surface area contributed by atoms with E-state index in [1.807, 2.05) is 0 Å². The first-order valence-electron chi connectivity index (χ1n) is 34.2. The number of ether oxygens (including phenoxy) is 3. The third-order valence-corrected chi connectivity index (χ3v) is 16.5. The van der Waals surface area contributed by atoms with Crippen LogP contribution >= 0.6 is 0 Å². The first-order valence-corrected chi connectivity index (χ1v) is 34.2. The number of halogens is 18. The number of nitrogens with two attached hydrogens (primary N) is 2. The van der Waals surface area contributed by atoms with E-state index in [0.717, 1.165) is 48.6 Å². The predicted molar refractivity (Wildman–Crippen MR) is 353 cm³/mol. The Morgan fingerprint density at radius 1 is 0.584 bits per heavy atom. The van der Waals surface area contributed by atoms with E-state index in [1.54, 1.807) is 19.9 Å². The van der Waals surface area contributed by atoms with Crippen LogP contribution in [-0.4, -0.2) is 137 Å². The number of carboxylic acid groups (broad SMARTS) is 1. The minimum Gasteiger partial charge on any atom is -0.870 e. The van der Waals surface area contributed by atoms with E-state index in [0.29, 0.717) is 121 Å². The number of hydrogen-bond donors (Lipinski definition) is 4. The summed E-state index contributed by atoms with van der Waals surface area (Å²) in [5, 5.41) is 22.8. The molecule has 618 valence electrons. The summed E-state index contributed by atoms with van der Waals surface area (Å²) in [5.74, 6) is -12.3. The van der Waals surface area contributed by atoms with Crippen molar-refractivity contribution in [2.24, 2.45) is 17.4 Å². The van der Waals surface area contributed by atoms with E-state index >= 15 is 0 Å². The smallest absolute Gasteiger partial charge is 0.870 e. The molecular formula is C70H77F18LiN10O14. The van der Waals surface area contributed by atoms with Gasteiger partial charge >= 0.3 is 73.6 Å². The van der Waals surface area contributed by atoms with Crippen LogP contribution in [-0.2, 0) is 136 Å². The maximum Gasteiger partial charge on any atom is 1.00 e. The van der Waals surface area contributed by atoms with Gasteiger partial charge < -0.3 is 41.6 Å². The third-order valence-electron chi connectivity index (χ3n) is 16.5. The Morgan fingerprint density at radius 2 is 1.05 bits per heavy atom. The van der Waals surface area contributed by atoms with Gasteiger partial charge in [0.25, 0.3) is 5.91 Å². The largest absolute Gasteiger partial charge is 1.00 e. The summed E-state index contributed by atoms with van der Waals surface area (Å²) in [6.07, 6.45) is -13.3. The number of carbonyl (C=O) groups excluding carboxylic acids is 8. The van der Waals surface area contributed by atoms with Gasteiger partial charge in [0.1, 0.15) is 65.7 Å². The summed E-state index contributed by atoms with van der Waals surface area (Å²) >= 11 is 0. The average Bonchev–Trinajstić information content (AvgIpc) is 1.72. The Labute approximate surface area is 643 Å². The molecule has 0 aliphatic heterocycles. The molecule has 113 heavy (non-hydrogen) atoms. The number of nitrogens with one attached hydrogen (secondary N) is 1. The summed E-state index contributed by atoms with van der Waals surface area (Å²) in [6, 6.07) is 8.32. The zero-order valence-electron chi connectivity index (χ0n) is 60.9. The number of rotatable bonds is 18. The molecule has 24 nitrogen and oxygen atoms in total. The Bertz CT molecular complexity index is 4230. The number of aliphatic carboxylic acids is 1. The van der Waals surface area contributed by atoms with Crippen LogP contribution in [0, 0.1) is 23.4 Å². The fraction of sp³-hybridized carbons (Fsp3) is 0.500. The van der Waals surface area contributed by atoms with Crippen molar-refractivity contribution >= 4 is 53.0 Å². The van der Waals surface area contributed by atoms with Crippen LogP contribution in [0.1, 0.15) is 170 Å². The predicted octanol–water partition coefficient (Wildman–Crippen LogP) is 8.95. The number of esters is 3. The van der Waals surface area contributed by atoms with Crippen molar-refractivity contribution in [1.82, 2.24) is 39.6 Å².